The van der Waals surface area contributed by atoms with Crippen LogP contribution in [-0.4, -0.2) is 47.5 Å². The Balaban J connectivity index is 1.07. The topological polar surface area (TPSA) is 131 Å². The Morgan fingerprint density at radius 1 is 1.24 bits per heavy atom. The van der Waals surface area contributed by atoms with E-state index in [2.05, 4.69) is 26.8 Å². The fraction of sp³-hybridized carbons (Fsp3) is 0.304. The summed E-state index contributed by atoms with van der Waals surface area (Å²) in [5.41, 5.74) is 4.84. The number of ether oxygens (including phenoxy) is 1. The molecule has 0 aliphatic carbocycles. The molecule has 0 bridgehead atoms. The summed E-state index contributed by atoms with van der Waals surface area (Å²) in [4.78, 5) is 31.4. The van der Waals surface area contributed by atoms with E-state index in [1.165, 1.54) is 11.6 Å². The summed E-state index contributed by atoms with van der Waals surface area (Å²) in [7, 11) is 0. The smallest absolute Gasteiger partial charge is 0.314 e. The van der Waals surface area contributed by atoms with E-state index in [0.29, 0.717) is 32.5 Å². The molecule has 3 heterocycles. The minimum Gasteiger partial charge on any atom is -0.493 e. The van der Waals surface area contributed by atoms with Crippen LogP contribution in [0.25, 0.3) is 10.9 Å². The quantitative estimate of drug-likeness (QED) is 0.377. The van der Waals surface area contributed by atoms with Crippen molar-refractivity contribution in [2.75, 3.05) is 19.7 Å². The van der Waals surface area contributed by atoms with Gasteiger partial charge in [0.15, 0.2) is 6.10 Å². The Morgan fingerprint density at radius 2 is 2.15 bits per heavy atom. The van der Waals surface area contributed by atoms with Crippen molar-refractivity contribution in [3.63, 3.8) is 0 Å². The van der Waals surface area contributed by atoms with Crippen LogP contribution in [0.2, 0.25) is 0 Å². The minimum absolute atomic E-state index is 0.0421. The summed E-state index contributed by atoms with van der Waals surface area (Å²) in [5, 5.41) is 21.6. The lowest BCUT2D eigenvalue weighted by molar-refractivity contribution is -0.384. The first-order valence-electron chi connectivity index (χ1n) is 10.8. The van der Waals surface area contributed by atoms with Crippen molar-refractivity contribution in [2.45, 2.75) is 25.4 Å². The van der Waals surface area contributed by atoms with Crippen molar-refractivity contribution < 1.29 is 19.3 Å². The average molecular weight is 449 g/mol. The van der Waals surface area contributed by atoms with Gasteiger partial charge in [-0.3, -0.25) is 10.1 Å². The number of hydrogen-bond acceptors (Lipinski definition) is 6. The van der Waals surface area contributed by atoms with Crippen molar-refractivity contribution in [1.29, 1.82) is 0 Å². The standard InChI is InChI=1S/C23H23N5O5/c29-23(24-7-5-16-12-25-20-3-2-17(28(30)31)10-19(16)20)26-13-18-11-21(27-33-18)14-1-4-22-15(9-14)6-8-32-22/h1-4,9-10,12,18,25H,5-8,11,13H2,(H2,24,26,29). The zero-order valence-corrected chi connectivity index (χ0v) is 17.8. The molecule has 1 aromatic heterocycles. The maximum absolute atomic E-state index is 12.2. The van der Waals surface area contributed by atoms with E-state index >= 15 is 0 Å². The van der Waals surface area contributed by atoms with Crippen molar-refractivity contribution in [3.8, 4) is 5.75 Å². The fourth-order valence-electron chi connectivity index (χ4n) is 4.14. The number of non-ortho nitro benzene ring substituents is 1. The first kappa shape index (κ1) is 20.8. The van der Waals surface area contributed by atoms with Crippen LogP contribution in [0.3, 0.4) is 0 Å². The van der Waals surface area contributed by atoms with Crippen molar-refractivity contribution in [3.05, 3.63) is 69.4 Å². The lowest BCUT2D eigenvalue weighted by Crippen LogP contribution is -2.40. The molecule has 5 rings (SSSR count). The molecule has 170 valence electrons. The number of rotatable bonds is 7. The highest BCUT2D eigenvalue weighted by Gasteiger charge is 2.24. The Bertz CT molecular complexity index is 1250. The Hall–Kier alpha value is -4.08. The van der Waals surface area contributed by atoms with Crippen LogP contribution in [0.1, 0.15) is 23.1 Å². The highest BCUT2D eigenvalue weighted by atomic mass is 16.6. The molecule has 3 N–H and O–H groups in total. The first-order valence-corrected chi connectivity index (χ1v) is 10.8. The first-order chi connectivity index (χ1) is 16.1. The molecule has 10 nitrogen and oxygen atoms in total. The molecule has 2 aliphatic rings. The third-order valence-electron chi connectivity index (χ3n) is 5.89. The van der Waals surface area contributed by atoms with Crippen LogP contribution in [0.5, 0.6) is 5.75 Å². The number of amides is 2. The van der Waals surface area contributed by atoms with Gasteiger partial charge in [0.25, 0.3) is 5.69 Å². The molecule has 0 fully saturated rings. The summed E-state index contributed by atoms with van der Waals surface area (Å²) < 4.78 is 5.54. The Kier molecular flexibility index (Phi) is 5.55. The molecule has 0 spiro atoms. The number of nitrogens with one attached hydrogen (secondary N) is 3. The molecule has 0 radical (unpaired) electrons. The predicted octanol–water partition coefficient (Wildman–Crippen LogP) is 3.05. The number of carbonyl (C=O) groups excluding carboxylic acids is 1. The zero-order valence-electron chi connectivity index (χ0n) is 17.8. The van der Waals surface area contributed by atoms with Gasteiger partial charge in [-0.2, -0.15) is 0 Å². The number of nitro benzene ring substituents is 1. The molecule has 3 aromatic rings. The normalized spacial score (nSPS) is 16.6. The molecule has 10 heteroatoms. The van der Waals surface area contributed by atoms with Gasteiger partial charge in [-0.05, 0) is 47.4 Å². The molecule has 2 aromatic carbocycles. The number of carbonyl (C=O) groups is 1. The van der Waals surface area contributed by atoms with Crippen LogP contribution in [0.4, 0.5) is 10.5 Å². The van der Waals surface area contributed by atoms with Gasteiger partial charge in [-0.25, -0.2) is 4.79 Å². The van der Waals surface area contributed by atoms with Crippen LogP contribution >= 0.6 is 0 Å². The summed E-state index contributed by atoms with van der Waals surface area (Å²) in [6.07, 6.45) is 3.66. The number of aromatic amines is 1. The maximum atomic E-state index is 12.2. The van der Waals surface area contributed by atoms with Crippen LogP contribution in [0, 0.1) is 10.1 Å². The monoisotopic (exact) mass is 449 g/mol. The summed E-state index contributed by atoms with van der Waals surface area (Å²) in [6.45, 7) is 1.45. The average Bonchev–Trinajstić information content (AvgIpc) is 3.56. The number of hydrogen-bond donors (Lipinski definition) is 3. The maximum Gasteiger partial charge on any atom is 0.314 e. The van der Waals surface area contributed by atoms with Gasteiger partial charge < -0.3 is 25.2 Å². The summed E-state index contributed by atoms with van der Waals surface area (Å²) in [6, 6.07) is 10.4. The van der Waals surface area contributed by atoms with E-state index in [1.807, 2.05) is 18.3 Å². The number of nitro groups is 1. The van der Waals surface area contributed by atoms with E-state index in [0.717, 1.165) is 39.9 Å². The lowest BCUT2D eigenvalue weighted by atomic mass is 10.0. The van der Waals surface area contributed by atoms with E-state index < -0.39 is 4.92 Å². The van der Waals surface area contributed by atoms with Crippen molar-refractivity contribution >= 4 is 28.3 Å². The van der Waals surface area contributed by atoms with Gasteiger partial charge in [0.2, 0.25) is 0 Å². The van der Waals surface area contributed by atoms with E-state index in [1.54, 1.807) is 12.1 Å². The van der Waals surface area contributed by atoms with Crippen LogP contribution in [0.15, 0.2) is 47.8 Å². The van der Waals surface area contributed by atoms with E-state index in [4.69, 9.17) is 9.57 Å². The highest BCUT2D eigenvalue weighted by molar-refractivity contribution is 6.01. The number of aromatic nitrogens is 1. The van der Waals surface area contributed by atoms with Crippen LogP contribution < -0.4 is 15.4 Å². The van der Waals surface area contributed by atoms with Gasteiger partial charge in [-0.15, -0.1) is 0 Å². The molecule has 2 amide bonds. The predicted molar refractivity (Wildman–Crippen MR) is 122 cm³/mol. The summed E-state index contributed by atoms with van der Waals surface area (Å²) >= 11 is 0. The molecule has 2 aliphatic heterocycles. The minimum atomic E-state index is -0.416. The Morgan fingerprint density at radius 3 is 3.03 bits per heavy atom. The Labute approximate surface area is 189 Å². The SMILES string of the molecule is O=C(NCCc1c[nH]c2ccc([N+](=O)[O-])cc12)NCC1CC(c2ccc3c(c2)CCO3)=NO1. The molecule has 1 atom stereocenters. The molecule has 1 unspecified atom stereocenters. The highest BCUT2D eigenvalue weighted by Crippen LogP contribution is 2.28. The number of fused-ring (bicyclic) bond motifs is 2. The van der Waals surface area contributed by atoms with Gasteiger partial charge in [0.05, 0.1) is 23.8 Å². The van der Waals surface area contributed by atoms with Gasteiger partial charge in [0.1, 0.15) is 5.75 Å². The van der Waals surface area contributed by atoms with Gasteiger partial charge in [0, 0.05) is 48.6 Å². The third-order valence-corrected chi connectivity index (χ3v) is 5.89. The summed E-state index contributed by atoms with van der Waals surface area (Å²) in [5.74, 6) is 0.930. The molecule has 0 saturated heterocycles. The molecule has 0 saturated carbocycles. The second kappa shape index (κ2) is 8.81. The van der Waals surface area contributed by atoms with E-state index in [9.17, 15) is 14.9 Å². The van der Waals surface area contributed by atoms with Crippen molar-refractivity contribution in [1.82, 2.24) is 15.6 Å². The second-order valence-corrected chi connectivity index (χ2v) is 8.08. The number of oxime groups is 1. The lowest BCUT2D eigenvalue weighted by Gasteiger charge is -2.11. The number of nitrogens with zero attached hydrogens (tertiary/aromatic N) is 2. The van der Waals surface area contributed by atoms with Crippen molar-refractivity contribution in [2.24, 2.45) is 5.16 Å². The van der Waals surface area contributed by atoms with E-state index in [-0.39, 0.29) is 17.8 Å². The number of urea groups is 1. The third kappa shape index (κ3) is 4.45. The van der Waals surface area contributed by atoms with Gasteiger partial charge >= 0.3 is 6.03 Å². The second-order valence-electron chi connectivity index (χ2n) is 8.08. The number of benzene rings is 2. The van der Waals surface area contributed by atoms with Crippen LogP contribution in [-0.2, 0) is 17.7 Å². The molecule has 33 heavy (non-hydrogen) atoms. The molecular weight excluding hydrogens is 426 g/mol. The van der Waals surface area contributed by atoms with Gasteiger partial charge in [-0.1, -0.05) is 5.16 Å². The molecular formula is C23H23N5O5. The zero-order chi connectivity index (χ0) is 22.8. The fourth-order valence-corrected chi connectivity index (χ4v) is 4.14. The largest absolute Gasteiger partial charge is 0.493 e. The number of H-pyrrole nitrogens is 1.